The maximum atomic E-state index is 11.6. The van der Waals surface area contributed by atoms with E-state index in [0.29, 0.717) is 18.9 Å². The Morgan fingerprint density at radius 2 is 2.29 bits per heavy atom. The largest absolute Gasteiger partial charge is 0.391 e. The van der Waals surface area contributed by atoms with Gasteiger partial charge in [-0.25, -0.2) is 0 Å². The van der Waals surface area contributed by atoms with Crippen molar-refractivity contribution in [2.75, 3.05) is 6.54 Å². The van der Waals surface area contributed by atoms with E-state index in [9.17, 15) is 9.90 Å². The summed E-state index contributed by atoms with van der Waals surface area (Å²) in [7, 11) is 0. The molecule has 92 valence electrons. The Morgan fingerprint density at radius 3 is 2.94 bits per heavy atom. The molecule has 0 heterocycles. The fourth-order valence-corrected chi connectivity index (χ4v) is 2.21. The zero-order valence-corrected chi connectivity index (χ0v) is 11.1. The van der Waals surface area contributed by atoms with E-state index < -0.39 is 0 Å². The van der Waals surface area contributed by atoms with E-state index in [-0.39, 0.29) is 12.0 Å². The first kappa shape index (κ1) is 12.6. The van der Waals surface area contributed by atoms with Crippen molar-refractivity contribution in [3.8, 4) is 0 Å². The molecule has 0 aromatic heterocycles. The molecule has 2 rings (SSSR count). The summed E-state index contributed by atoms with van der Waals surface area (Å²) in [5.41, 5.74) is 0.970. The standard InChI is InChI=1S/C13H16BrNO2/c14-11-3-1-2-9(6-11)7-13(17)15-8-12(16)10-4-5-10/h1-3,6,10,12,16H,4-5,7-8H2,(H,15,17). The summed E-state index contributed by atoms with van der Waals surface area (Å²) in [6.45, 7) is 0.373. The zero-order chi connectivity index (χ0) is 12.3. The Hall–Kier alpha value is -0.870. The number of halogens is 1. The molecule has 0 radical (unpaired) electrons. The van der Waals surface area contributed by atoms with Crippen molar-refractivity contribution in [1.82, 2.24) is 5.32 Å². The van der Waals surface area contributed by atoms with Gasteiger partial charge in [-0.2, -0.15) is 0 Å². The van der Waals surface area contributed by atoms with E-state index in [0.717, 1.165) is 22.9 Å². The second-order valence-electron chi connectivity index (χ2n) is 4.52. The Kier molecular flexibility index (Phi) is 4.18. The molecule has 0 spiro atoms. The van der Waals surface area contributed by atoms with Crippen molar-refractivity contribution in [3.63, 3.8) is 0 Å². The first-order chi connectivity index (χ1) is 8.15. The van der Waals surface area contributed by atoms with Crippen LogP contribution in [0, 0.1) is 5.92 Å². The lowest BCUT2D eigenvalue weighted by atomic mass is 10.1. The summed E-state index contributed by atoms with van der Waals surface area (Å²) in [5.74, 6) is 0.365. The normalized spacial score (nSPS) is 16.6. The van der Waals surface area contributed by atoms with Gasteiger partial charge in [-0.15, -0.1) is 0 Å². The molecule has 1 unspecified atom stereocenters. The van der Waals surface area contributed by atoms with Gasteiger partial charge in [0.05, 0.1) is 12.5 Å². The number of nitrogens with one attached hydrogen (secondary N) is 1. The van der Waals surface area contributed by atoms with Gasteiger partial charge in [-0.1, -0.05) is 28.1 Å². The molecule has 2 N–H and O–H groups in total. The van der Waals surface area contributed by atoms with Gasteiger partial charge in [0.15, 0.2) is 0 Å². The summed E-state index contributed by atoms with van der Waals surface area (Å²) in [6.07, 6.45) is 2.16. The van der Waals surface area contributed by atoms with Crippen LogP contribution in [0.2, 0.25) is 0 Å². The van der Waals surface area contributed by atoms with E-state index in [2.05, 4.69) is 21.2 Å². The number of benzene rings is 1. The second kappa shape index (κ2) is 5.65. The number of rotatable bonds is 5. The highest BCUT2D eigenvalue weighted by Gasteiger charge is 2.29. The van der Waals surface area contributed by atoms with Gasteiger partial charge >= 0.3 is 0 Å². The number of hydrogen-bond acceptors (Lipinski definition) is 2. The van der Waals surface area contributed by atoms with Gasteiger partial charge in [0.25, 0.3) is 0 Å². The lowest BCUT2D eigenvalue weighted by molar-refractivity contribution is -0.120. The third kappa shape index (κ3) is 4.13. The smallest absolute Gasteiger partial charge is 0.224 e. The van der Waals surface area contributed by atoms with Crippen LogP contribution >= 0.6 is 15.9 Å². The Bertz CT molecular complexity index is 404. The van der Waals surface area contributed by atoms with Crippen LogP contribution in [0.5, 0.6) is 0 Å². The summed E-state index contributed by atoms with van der Waals surface area (Å²) < 4.78 is 0.973. The molecule has 0 bridgehead atoms. The van der Waals surface area contributed by atoms with E-state index in [1.807, 2.05) is 24.3 Å². The zero-order valence-electron chi connectivity index (χ0n) is 9.53. The number of aliphatic hydroxyl groups excluding tert-OH is 1. The SMILES string of the molecule is O=C(Cc1cccc(Br)c1)NCC(O)C1CC1. The van der Waals surface area contributed by atoms with E-state index >= 15 is 0 Å². The minimum Gasteiger partial charge on any atom is -0.391 e. The monoisotopic (exact) mass is 297 g/mol. The molecule has 17 heavy (non-hydrogen) atoms. The van der Waals surface area contributed by atoms with Crippen LogP contribution in [0.25, 0.3) is 0 Å². The highest BCUT2D eigenvalue weighted by atomic mass is 79.9. The van der Waals surface area contributed by atoms with Gasteiger partial charge in [-0.3, -0.25) is 4.79 Å². The maximum Gasteiger partial charge on any atom is 0.224 e. The van der Waals surface area contributed by atoms with Crippen LogP contribution in [-0.4, -0.2) is 23.7 Å². The van der Waals surface area contributed by atoms with Gasteiger partial charge in [-0.05, 0) is 36.5 Å². The van der Waals surface area contributed by atoms with Crippen LogP contribution in [-0.2, 0) is 11.2 Å². The van der Waals surface area contributed by atoms with Crippen molar-refractivity contribution in [2.24, 2.45) is 5.92 Å². The Balaban J connectivity index is 1.76. The van der Waals surface area contributed by atoms with Crippen LogP contribution in [0.1, 0.15) is 18.4 Å². The molecule has 1 saturated carbocycles. The van der Waals surface area contributed by atoms with E-state index in [4.69, 9.17) is 0 Å². The summed E-state index contributed by atoms with van der Waals surface area (Å²) in [4.78, 5) is 11.6. The number of carbonyl (C=O) groups is 1. The van der Waals surface area contributed by atoms with E-state index in [1.165, 1.54) is 0 Å². The minimum absolute atomic E-state index is 0.0391. The van der Waals surface area contributed by atoms with Crippen molar-refractivity contribution in [1.29, 1.82) is 0 Å². The van der Waals surface area contributed by atoms with Crippen LogP contribution in [0.3, 0.4) is 0 Å². The van der Waals surface area contributed by atoms with Gasteiger partial charge in [0.1, 0.15) is 0 Å². The quantitative estimate of drug-likeness (QED) is 0.872. The molecule has 1 aromatic rings. The lowest BCUT2D eigenvalue weighted by Crippen LogP contribution is -2.34. The van der Waals surface area contributed by atoms with Crippen LogP contribution in [0.15, 0.2) is 28.7 Å². The molecule has 3 nitrogen and oxygen atoms in total. The molecule has 1 amide bonds. The van der Waals surface area contributed by atoms with Gasteiger partial charge in [0, 0.05) is 11.0 Å². The molecule has 1 aromatic carbocycles. The van der Waals surface area contributed by atoms with Crippen LogP contribution < -0.4 is 5.32 Å². The topological polar surface area (TPSA) is 49.3 Å². The number of aliphatic hydroxyl groups is 1. The number of amides is 1. The number of carbonyl (C=O) groups excluding carboxylic acids is 1. The molecule has 0 saturated heterocycles. The lowest BCUT2D eigenvalue weighted by Gasteiger charge is -2.10. The highest BCUT2D eigenvalue weighted by molar-refractivity contribution is 9.10. The fraction of sp³-hybridized carbons (Fsp3) is 0.462. The molecule has 1 aliphatic carbocycles. The molecule has 1 aliphatic rings. The summed E-state index contributed by atoms with van der Waals surface area (Å²) in [5, 5.41) is 12.4. The minimum atomic E-state index is -0.374. The van der Waals surface area contributed by atoms with E-state index in [1.54, 1.807) is 0 Å². The molecule has 0 aliphatic heterocycles. The highest BCUT2D eigenvalue weighted by Crippen LogP contribution is 2.32. The predicted octanol–water partition coefficient (Wildman–Crippen LogP) is 1.88. The molecule has 1 fully saturated rings. The maximum absolute atomic E-state index is 11.6. The van der Waals surface area contributed by atoms with Crippen molar-refractivity contribution >= 4 is 21.8 Å². The molecule has 1 atom stereocenters. The predicted molar refractivity (Wildman–Crippen MR) is 69.6 cm³/mol. The van der Waals surface area contributed by atoms with Crippen molar-refractivity contribution in [2.45, 2.75) is 25.4 Å². The third-order valence-corrected chi connectivity index (χ3v) is 3.42. The molecular formula is C13H16BrNO2. The molecule has 4 heteroatoms. The van der Waals surface area contributed by atoms with Crippen LogP contribution in [0.4, 0.5) is 0 Å². The van der Waals surface area contributed by atoms with Crippen molar-refractivity contribution < 1.29 is 9.90 Å². The Morgan fingerprint density at radius 1 is 1.53 bits per heavy atom. The molecular weight excluding hydrogens is 282 g/mol. The van der Waals surface area contributed by atoms with Crippen molar-refractivity contribution in [3.05, 3.63) is 34.3 Å². The summed E-state index contributed by atoms with van der Waals surface area (Å²) in [6, 6.07) is 7.68. The average molecular weight is 298 g/mol. The second-order valence-corrected chi connectivity index (χ2v) is 5.43. The first-order valence-corrected chi connectivity index (χ1v) is 6.63. The third-order valence-electron chi connectivity index (χ3n) is 2.93. The Labute approximate surface area is 109 Å². The van der Waals surface area contributed by atoms with Gasteiger partial charge in [0.2, 0.25) is 5.91 Å². The average Bonchev–Trinajstić information content (AvgIpc) is 3.09. The van der Waals surface area contributed by atoms with Gasteiger partial charge < -0.3 is 10.4 Å². The number of hydrogen-bond donors (Lipinski definition) is 2. The first-order valence-electron chi connectivity index (χ1n) is 5.84. The summed E-state index contributed by atoms with van der Waals surface area (Å²) >= 11 is 3.37. The fourth-order valence-electron chi connectivity index (χ4n) is 1.76.